The van der Waals surface area contributed by atoms with Crippen LogP contribution in [-0.4, -0.2) is 12.2 Å². The summed E-state index contributed by atoms with van der Waals surface area (Å²) in [4.78, 5) is 12.8. The van der Waals surface area contributed by atoms with Gasteiger partial charge in [0, 0.05) is 17.1 Å². The maximum absolute atomic E-state index is 13.3. The minimum absolute atomic E-state index is 0.0134. The van der Waals surface area contributed by atoms with Gasteiger partial charge < -0.3 is 19.6 Å². The summed E-state index contributed by atoms with van der Waals surface area (Å²) < 4.78 is 23.9. The van der Waals surface area contributed by atoms with Gasteiger partial charge in [-0.25, -0.2) is 9.18 Å². The quantitative estimate of drug-likeness (QED) is 0.487. The zero-order valence-electron chi connectivity index (χ0n) is 14.9. The topological polar surface area (TPSA) is 71.7 Å². The summed E-state index contributed by atoms with van der Waals surface area (Å²) in [5.74, 6) is 0.288. The van der Waals surface area contributed by atoms with Crippen molar-refractivity contribution < 1.29 is 18.7 Å². The summed E-state index contributed by atoms with van der Waals surface area (Å²) in [6.45, 7) is 0. The highest BCUT2D eigenvalue weighted by molar-refractivity contribution is 6.00. The van der Waals surface area contributed by atoms with Crippen molar-refractivity contribution in [1.29, 1.82) is 0 Å². The average Bonchev–Trinajstić information content (AvgIpc) is 2.69. The van der Waals surface area contributed by atoms with Crippen molar-refractivity contribution in [2.75, 3.05) is 12.4 Å². The van der Waals surface area contributed by atoms with Crippen LogP contribution in [0.25, 0.3) is 22.1 Å². The fourth-order valence-corrected chi connectivity index (χ4v) is 3.02. The van der Waals surface area contributed by atoms with E-state index in [4.69, 9.17) is 9.15 Å². The highest BCUT2D eigenvalue weighted by Crippen LogP contribution is 2.36. The Hall–Kier alpha value is -3.80. The first-order chi connectivity index (χ1) is 13.5. The number of aromatic hydroxyl groups is 1. The SMILES string of the molecule is COc1ccc(-c2c(Nc3ccc(F)cc3)c3ccc(O)cc3oc2=O)cc1. The Morgan fingerprint density at radius 1 is 1.00 bits per heavy atom. The molecule has 4 rings (SSSR count). The standard InChI is InChI=1S/C22H16FNO4/c1-27-17-9-2-13(3-10-17)20-21(24-15-6-4-14(23)5-7-15)18-11-8-16(25)12-19(18)28-22(20)26/h2-12,24-25H,1H3. The monoisotopic (exact) mass is 377 g/mol. The number of anilines is 2. The molecular formula is C22H16FNO4. The van der Waals surface area contributed by atoms with Gasteiger partial charge in [0.1, 0.15) is 22.9 Å². The van der Waals surface area contributed by atoms with E-state index >= 15 is 0 Å². The minimum Gasteiger partial charge on any atom is -0.508 e. The lowest BCUT2D eigenvalue weighted by atomic mass is 10.0. The molecule has 0 saturated carbocycles. The number of halogens is 1. The second-order valence-corrected chi connectivity index (χ2v) is 6.18. The molecule has 0 aliphatic carbocycles. The molecule has 1 aromatic heterocycles. The number of methoxy groups -OCH3 is 1. The summed E-state index contributed by atoms with van der Waals surface area (Å²) in [5.41, 5.74) is 1.75. The van der Waals surface area contributed by atoms with Crippen LogP contribution in [0.15, 0.2) is 75.9 Å². The number of hydrogen-bond acceptors (Lipinski definition) is 5. The Kier molecular flexibility index (Phi) is 4.45. The Balaban J connectivity index is 1.96. The van der Waals surface area contributed by atoms with E-state index in [1.807, 2.05) is 0 Å². The van der Waals surface area contributed by atoms with Crippen molar-refractivity contribution in [2.24, 2.45) is 0 Å². The molecular weight excluding hydrogens is 361 g/mol. The third-order valence-electron chi connectivity index (χ3n) is 4.38. The molecule has 0 fully saturated rings. The van der Waals surface area contributed by atoms with Crippen LogP contribution in [0, 0.1) is 5.82 Å². The number of nitrogens with one attached hydrogen (secondary N) is 1. The molecule has 4 aromatic rings. The first-order valence-corrected chi connectivity index (χ1v) is 8.52. The minimum atomic E-state index is -0.562. The summed E-state index contributed by atoms with van der Waals surface area (Å²) in [6.07, 6.45) is 0. The third kappa shape index (κ3) is 3.27. The lowest BCUT2D eigenvalue weighted by molar-refractivity contribution is 0.415. The Labute approximate surface area is 159 Å². The van der Waals surface area contributed by atoms with Gasteiger partial charge in [0.15, 0.2) is 0 Å². The zero-order chi connectivity index (χ0) is 19.7. The van der Waals surface area contributed by atoms with Crippen LogP contribution in [0.1, 0.15) is 0 Å². The lowest BCUT2D eigenvalue weighted by Gasteiger charge is -2.14. The predicted octanol–water partition coefficient (Wildman–Crippen LogP) is 5.06. The van der Waals surface area contributed by atoms with E-state index in [-0.39, 0.29) is 17.1 Å². The van der Waals surface area contributed by atoms with Crippen molar-refractivity contribution >= 4 is 22.3 Å². The van der Waals surface area contributed by atoms with Gasteiger partial charge in [-0.05, 0) is 54.1 Å². The van der Waals surface area contributed by atoms with E-state index in [9.17, 15) is 14.3 Å². The van der Waals surface area contributed by atoms with Crippen molar-refractivity contribution in [3.8, 4) is 22.6 Å². The summed E-state index contributed by atoms with van der Waals surface area (Å²) in [6, 6.07) is 17.4. The second-order valence-electron chi connectivity index (χ2n) is 6.18. The van der Waals surface area contributed by atoms with Gasteiger partial charge >= 0.3 is 5.63 Å². The normalized spacial score (nSPS) is 10.8. The molecule has 0 unspecified atom stereocenters. The average molecular weight is 377 g/mol. The number of hydrogen-bond donors (Lipinski definition) is 2. The second kappa shape index (κ2) is 7.08. The van der Waals surface area contributed by atoms with Crippen LogP contribution in [0.3, 0.4) is 0 Å². The van der Waals surface area contributed by atoms with E-state index < -0.39 is 5.63 Å². The molecule has 0 spiro atoms. The van der Waals surface area contributed by atoms with Crippen molar-refractivity contribution in [3.63, 3.8) is 0 Å². The number of phenolic OH excluding ortho intramolecular Hbond substituents is 1. The largest absolute Gasteiger partial charge is 0.508 e. The van der Waals surface area contributed by atoms with E-state index in [0.717, 1.165) is 0 Å². The van der Waals surface area contributed by atoms with E-state index in [1.165, 1.54) is 24.3 Å². The smallest absolute Gasteiger partial charge is 0.346 e. The molecule has 0 amide bonds. The van der Waals surface area contributed by atoms with Crippen molar-refractivity contribution in [1.82, 2.24) is 0 Å². The molecule has 0 aliphatic heterocycles. The van der Waals surface area contributed by atoms with E-state index in [0.29, 0.717) is 33.6 Å². The molecule has 5 nitrogen and oxygen atoms in total. The zero-order valence-corrected chi connectivity index (χ0v) is 14.9. The molecule has 0 saturated heterocycles. The predicted molar refractivity (Wildman–Crippen MR) is 106 cm³/mol. The van der Waals surface area contributed by atoms with Crippen LogP contribution in [0.2, 0.25) is 0 Å². The van der Waals surface area contributed by atoms with Gasteiger partial charge in [0.05, 0.1) is 18.4 Å². The number of benzene rings is 3. The van der Waals surface area contributed by atoms with Crippen LogP contribution in [0.5, 0.6) is 11.5 Å². The Morgan fingerprint density at radius 2 is 1.71 bits per heavy atom. The molecule has 2 N–H and O–H groups in total. The summed E-state index contributed by atoms with van der Waals surface area (Å²) >= 11 is 0. The molecule has 0 atom stereocenters. The van der Waals surface area contributed by atoms with Crippen LogP contribution in [0.4, 0.5) is 15.8 Å². The molecule has 0 radical (unpaired) electrons. The number of rotatable bonds is 4. The molecule has 0 aliphatic rings. The maximum atomic E-state index is 13.3. The first kappa shape index (κ1) is 17.6. The Morgan fingerprint density at radius 3 is 2.39 bits per heavy atom. The van der Waals surface area contributed by atoms with Crippen LogP contribution in [-0.2, 0) is 0 Å². The first-order valence-electron chi connectivity index (χ1n) is 8.52. The molecule has 3 aromatic carbocycles. The third-order valence-corrected chi connectivity index (χ3v) is 4.38. The van der Waals surface area contributed by atoms with Gasteiger partial charge in [-0.15, -0.1) is 0 Å². The number of fused-ring (bicyclic) bond motifs is 1. The van der Waals surface area contributed by atoms with Gasteiger partial charge in [-0.2, -0.15) is 0 Å². The molecule has 28 heavy (non-hydrogen) atoms. The van der Waals surface area contributed by atoms with E-state index in [1.54, 1.807) is 49.6 Å². The fourth-order valence-electron chi connectivity index (χ4n) is 3.02. The maximum Gasteiger partial charge on any atom is 0.346 e. The number of phenols is 1. The number of ether oxygens (including phenoxy) is 1. The summed E-state index contributed by atoms with van der Waals surface area (Å²) in [7, 11) is 1.56. The highest BCUT2D eigenvalue weighted by atomic mass is 19.1. The lowest BCUT2D eigenvalue weighted by Crippen LogP contribution is -2.08. The van der Waals surface area contributed by atoms with Crippen molar-refractivity contribution in [3.05, 3.63) is 83.0 Å². The van der Waals surface area contributed by atoms with Crippen LogP contribution < -0.4 is 15.7 Å². The van der Waals surface area contributed by atoms with Crippen LogP contribution >= 0.6 is 0 Å². The molecule has 1 heterocycles. The highest BCUT2D eigenvalue weighted by Gasteiger charge is 2.17. The molecule has 0 bridgehead atoms. The fraction of sp³-hybridized carbons (Fsp3) is 0.0455. The van der Waals surface area contributed by atoms with Gasteiger partial charge in [-0.3, -0.25) is 0 Å². The van der Waals surface area contributed by atoms with Crippen molar-refractivity contribution in [2.45, 2.75) is 0 Å². The summed E-state index contributed by atoms with van der Waals surface area (Å²) in [5, 5.41) is 13.5. The van der Waals surface area contributed by atoms with E-state index in [2.05, 4.69) is 5.32 Å². The van der Waals surface area contributed by atoms with Gasteiger partial charge in [-0.1, -0.05) is 12.1 Å². The Bertz CT molecular complexity index is 1200. The van der Waals surface area contributed by atoms with Gasteiger partial charge in [0.2, 0.25) is 0 Å². The molecule has 6 heteroatoms. The molecule has 140 valence electrons. The van der Waals surface area contributed by atoms with Gasteiger partial charge in [0.25, 0.3) is 0 Å².